The smallest absolute Gasteiger partial charge is 0.295 e. The molecular formula is C20H18N4O. The highest BCUT2D eigenvalue weighted by Gasteiger charge is 2.16. The van der Waals surface area contributed by atoms with Gasteiger partial charge in [-0.25, -0.2) is 9.67 Å². The average molecular weight is 330 g/mol. The van der Waals surface area contributed by atoms with E-state index in [1.54, 1.807) is 4.68 Å². The Balaban J connectivity index is 1.79. The maximum absolute atomic E-state index is 12.9. The molecule has 4 rings (SSSR count). The van der Waals surface area contributed by atoms with Gasteiger partial charge in [-0.15, -0.1) is 0 Å². The molecule has 1 N–H and O–H groups in total. The third-order valence-electron chi connectivity index (χ3n) is 4.41. The van der Waals surface area contributed by atoms with E-state index in [-0.39, 0.29) is 5.56 Å². The number of hydrogen-bond acceptors (Lipinski definition) is 3. The molecule has 0 saturated heterocycles. The van der Waals surface area contributed by atoms with E-state index in [4.69, 9.17) is 0 Å². The molecule has 0 spiro atoms. The monoisotopic (exact) mass is 330 g/mol. The van der Waals surface area contributed by atoms with Crippen molar-refractivity contribution in [3.8, 4) is 5.69 Å². The highest BCUT2D eigenvalue weighted by atomic mass is 16.1. The number of hydrogen-bond donors (Lipinski definition) is 1. The number of anilines is 2. The van der Waals surface area contributed by atoms with Gasteiger partial charge in [-0.3, -0.25) is 9.48 Å². The molecule has 5 heteroatoms. The highest BCUT2D eigenvalue weighted by molar-refractivity contribution is 5.80. The van der Waals surface area contributed by atoms with E-state index < -0.39 is 0 Å². The fraction of sp³-hybridized carbons (Fsp3) is 0.100. The molecule has 124 valence electrons. The zero-order valence-corrected chi connectivity index (χ0v) is 14.1. The number of aromatic nitrogens is 3. The SMILES string of the molecule is Cc1c(Nc2ccc3ccccc3n2)c(=O)n(-c2ccccc2)n1C. The molecule has 0 atom stereocenters. The predicted octanol–water partition coefficient (Wildman–Crippen LogP) is 3.78. The summed E-state index contributed by atoms with van der Waals surface area (Å²) in [4.78, 5) is 17.5. The fourth-order valence-electron chi connectivity index (χ4n) is 2.98. The summed E-state index contributed by atoms with van der Waals surface area (Å²) in [5, 5.41) is 4.27. The van der Waals surface area contributed by atoms with Crippen LogP contribution in [0.25, 0.3) is 16.6 Å². The van der Waals surface area contributed by atoms with Crippen LogP contribution >= 0.6 is 0 Å². The van der Waals surface area contributed by atoms with Crippen molar-refractivity contribution < 1.29 is 0 Å². The molecule has 0 saturated carbocycles. The van der Waals surface area contributed by atoms with Gasteiger partial charge in [-0.2, -0.15) is 0 Å². The number of pyridine rings is 1. The second-order valence-electron chi connectivity index (χ2n) is 5.95. The van der Waals surface area contributed by atoms with Gasteiger partial charge in [0, 0.05) is 12.4 Å². The standard InChI is InChI=1S/C20H18N4O/c1-14-19(20(25)24(23(14)2)16-9-4-3-5-10-16)22-18-13-12-15-8-6-7-11-17(15)21-18/h3-13H,1-2H3,(H,21,22). The highest BCUT2D eigenvalue weighted by Crippen LogP contribution is 2.20. The Morgan fingerprint density at radius 1 is 0.920 bits per heavy atom. The van der Waals surface area contributed by atoms with Crippen LogP contribution in [-0.4, -0.2) is 14.3 Å². The zero-order chi connectivity index (χ0) is 17.4. The first-order chi connectivity index (χ1) is 12.1. The van der Waals surface area contributed by atoms with Crippen LogP contribution in [0.1, 0.15) is 5.69 Å². The van der Waals surface area contributed by atoms with Crippen molar-refractivity contribution in [1.29, 1.82) is 0 Å². The molecule has 0 amide bonds. The molecule has 2 aromatic carbocycles. The average Bonchev–Trinajstić information content (AvgIpc) is 2.86. The molecular weight excluding hydrogens is 312 g/mol. The number of para-hydroxylation sites is 2. The largest absolute Gasteiger partial charge is 0.334 e. The van der Waals surface area contributed by atoms with Gasteiger partial charge in [-0.1, -0.05) is 36.4 Å². The van der Waals surface area contributed by atoms with Gasteiger partial charge in [0.05, 0.1) is 16.9 Å². The lowest BCUT2D eigenvalue weighted by molar-refractivity contribution is 0.630. The van der Waals surface area contributed by atoms with Crippen molar-refractivity contribution in [3.05, 3.63) is 82.8 Å². The van der Waals surface area contributed by atoms with Crippen LogP contribution in [0, 0.1) is 6.92 Å². The maximum atomic E-state index is 12.9. The van der Waals surface area contributed by atoms with E-state index in [0.29, 0.717) is 11.5 Å². The minimum atomic E-state index is -0.0961. The Kier molecular flexibility index (Phi) is 3.61. The molecule has 0 aliphatic carbocycles. The van der Waals surface area contributed by atoms with E-state index >= 15 is 0 Å². The van der Waals surface area contributed by atoms with Gasteiger partial charge in [0.25, 0.3) is 5.56 Å². The van der Waals surface area contributed by atoms with Crippen LogP contribution in [0.15, 0.2) is 71.5 Å². The Bertz CT molecular complexity index is 1110. The number of fused-ring (bicyclic) bond motifs is 1. The normalized spacial score (nSPS) is 11.0. The minimum Gasteiger partial charge on any atom is -0.334 e. The van der Waals surface area contributed by atoms with Crippen molar-refractivity contribution in [2.24, 2.45) is 7.05 Å². The van der Waals surface area contributed by atoms with E-state index in [0.717, 1.165) is 22.3 Å². The van der Waals surface area contributed by atoms with Crippen molar-refractivity contribution >= 4 is 22.4 Å². The van der Waals surface area contributed by atoms with E-state index in [1.165, 1.54) is 0 Å². The Morgan fingerprint density at radius 2 is 1.64 bits per heavy atom. The van der Waals surface area contributed by atoms with Crippen molar-refractivity contribution in [2.45, 2.75) is 6.92 Å². The van der Waals surface area contributed by atoms with Gasteiger partial charge in [0.15, 0.2) is 0 Å². The van der Waals surface area contributed by atoms with Crippen LogP contribution < -0.4 is 10.9 Å². The second kappa shape index (κ2) is 5.94. The first-order valence-electron chi connectivity index (χ1n) is 8.12. The number of rotatable bonds is 3. The van der Waals surface area contributed by atoms with Crippen LogP contribution in [0.4, 0.5) is 11.5 Å². The van der Waals surface area contributed by atoms with Crippen LogP contribution in [0.5, 0.6) is 0 Å². The predicted molar refractivity (Wildman–Crippen MR) is 101 cm³/mol. The van der Waals surface area contributed by atoms with Gasteiger partial charge in [-0.05, 0) is 37.3 Å². The molecule has 25 heavy (non-hydrogen) atoms. The molecule has 0 fully saturated rings. The Labute approximate surface area is 145 Å². The molecule has 0 aliphatic heterocycles. The summed E-state index contributed by atoms with van der Waals surface area (Å²) in [6, 6.07) is 21.4. The van der Waals surface area contributed by atoms with Gasteiger partial charge >= 0.3 is 0 Å². The van der Waals surface area contributed by atoms with E-state index in [9.17, 15) is 4.79 Å². The summed E-state index contributed by atoms with van der Waals surface area (Å²) in [5.74, 6) is 0.657. The van der Waals surface area contributed by atoms with Crippen LogP contribution in [-0.2, 0) is 7.05 Å². The fourth-order valence-corrected chi connectivity index (χ4v) is 2.98. The van der Waals surface area contributed by atoms with Gasteiger partial charge < -0.3 is 5.32 Å². The first kappa shape index (κ1) is 15.2. The Morgan fingerprint density at radius 3 is 2.44 bits per heavy atom. The summed E-state index contributed by atoms with van der Waals surface area (Å²) in [6.07, 6.45) is 0. The first-order valence-corrected chi connectivity index (χ1v) is 8.12. The molecule has 0 radical (unpaired) electrons. The zero-order valence-electron chi connectivity index (χ0n) is 14.1. The lowest BCUT2D eigenvalue weighted by Crippen LogP contribution is -2.20. The number of benzene rings is 2. The third-order valence-corrected chi connectivity index (χ3v) is 4.41. The lowest BCUT2D eigenvalue weighted by atomic mass is 10.2. The maximum Gasteiger partial charge on any atom is 0.295 e. The summed E-state index contributed by atoms with van der Waals surface area (Å²) < 4.78 is 3.50. The summed E-state index contributed by atoms with van der Waals surface area (Å²) >= 11 is 0. The molecule has 4 aromatic rings. The third kappa shape index (κ3) is 2.59. The Hall–Kier alpha value is -3.34. The minimum absolute atomic E-state index is 0.0961. The van der Waals surface area contributed by atoms with Gasteiger partial charge in [0.1, 0.15) is 11.5 Å². The van der Waals surface area contributed by atoms with Crippen LogP contribution in [0.2, 0.25) is 0 Å². The second-order valence-corrected chi connectivity index (χ2v) is 5.95. The number of nitrogens with one attached hydrogen (secondary N) is 1. The van der Waals surface area contributed by atoms with Crippen molar-refractivity contribution in [3.63, 3.8) is 0 Å². The molecule has 0 unspecified atom stereocenters. The quantitative estimate of drug-likeness (QED) is 0.622. The van der Waals surface area contributed by atoms with Crippen molar-refractivity contribution in [2.75, 3.05) is 5.32 Å². The summed E-state index contributed by atoms with van der Waals surface area (Å²) in [6.45, 7) is 1.92. The molecule has 0 bridgehead atoms. The van der Waals surface area contributed by atoms with Gasteiger partial charge in [0.2, 0.25) is 0 Å². The molecule has 2 aromatic heterocycles. The molecule has 2 heterocycles. The summed E-state index contributed by atoms with van der Waals surface area (Å²) in [7, 11) is 1.88. The van der Waals surface area contributed by atoms with E-state index in [2.05, 4.69) is 10.3 Å². The van der Waals surface area contributed by atoms with Crippen molar-refractivity contribution in [1.82, 2.24) is 14.3 Å². The van der Waals surface area contributed by atoms with E-state index in [1.807, 2.05) is 85.4 Å². The lowest BCUT2D eigenvalue weighted by Gasteiger charge is -2.07. The summed E-state index contributed by atoms with van der Waals surface area (Å²) in [5.41, 5.74) is 3.01. The molecule has 0 aliphatic rings. The topological polar surface area (TPSA) is 51.9 Å². The van der Waals surface area contributed by atoms with Crippen LogP contribution in [0.3, 0.4) is 0 Å². The number of nitrogens with zero attached hydrogens (tertiary/aromatic N) is 3. The molecule has 5 nitrogen and oxygen atoms in total.